The van der Waals surface area contributed by atoms with E-state index >= 15 is 0 Å². The lowest BCUT2D eigenvalue weighted by Crippen LogP contribution is -2.64. The van der Waals surface area contributed by atoms with Gasteiger partial charge in [0, 0.05) is 33.6 Å². The zero-order valence-electron chi connectivity index (χ0n) is 35.6. The Hall–Kier alpha value is -5.73. The van der Waals surface area contributed by atoms with Crippen molar-refractivity contribution in [2.24, 2.45) is 0 Å². The van der Waals surface area contributed by atoms with Crippen LogP contribution in [0.1, 0.15) is 83.3 Å². The van der Waals surface area contributed by atoms with Crippen LogP contribution in [0.3, 0.4) is 0 Å². The number of fused-ring (bicyclic) bond motifs is 8. The van der Waals surface area contributed by atoms with Gasteiger partial charge in [0.1, 0.15) is 0 Å². The van der Waals surface area contributed by atoms with Crippen LogP contribution in [0.15, 0.2) is 121 Å². The van der Waals surface area contributed by atoms with Gasteiger partial charge in [-0.15, -0.1) is 0 Å². The molecular weight excluding hydrogens is 698 g/mol. The van der Waals surface area contributed by atoms with Gasteiger partial charge in [-0.3, -0.25) is 0 Å². The smallest absolute Gasteiger partial charge is 0.247 e. The average molecular weight is 749 g/mol. The highest BCUT2D eigenvalue weighted by Crippen LogP contribution is 2.55. The van der Waals surface area contributed by atoms with Crippen molar-refractivity contribution in [1.29, 1.82) is 0 Å². The lowest BCUT2D eigenvalue weighted by molar-refractivity contribution is 0.632. The van der Waals surface area contributed by atoms with E-state index in [0.717, 1.165) is 0 Å². The number of rotatable bonds is 2. The summed E-state index contributed by atoms with van der Waals surface area (Å²) < 4.78 is 0. The van der Waals surface area contributed by atoms with E-state index in [-0.39, 0.29) is 24.3 Å². The average Bonchev–Trinajstić information content (AvgIpc) is 3.18. The normalized spacial score (nSPS) is 15.9. The fraction of sp³-hybridized carbons (Fsp3) is 0.222. The molecule has 7 aromatic carbocycles. The lowest BCUT2D eigenvalue weighted by atomic mass is 9.30. The highest BCUT2D eigenvalue weighted by Gasteiger charge is 2.49. The van der Waals surface area contributed by atoms with Crippen molar-refractivity contribution >= 4 is 80.3 Å². The standard InChI is InChI=1S/C54H50B2N2/c1-31-25-33(3)49(34(4)26-31)55-41-21-15-19-39-51(41)57(45-23-13-11-17-37(45)53(39,7)8)47-30-48-44(29-43(47)55)56(50-35(5)27-32(2)28-36(50)6)42-22-16-20-40-52(42)58(48)46-24-14-12-18-38(46)54(40,9)10/h11-30H,1-10H3. The predicted molar refractivity (Wildman–Crippen MR) is 251 cm³/mol. The maximum atomic E-state index is 2.66. The quantitative estimate of drug-likeness (QED) is 0.163. The Morgan fingerprint density at radius 2 is 0.724 bits per heavy atom. The van der Waals surface area contributed by atoms with Crippen LogP contribution in [0.25, 0.3) is 0 Å². The van der Waals surface area contributed by atoms with Gasteiger partial charge >= 0.3 is 0 Å². The molecule has 0 N–H and O–H groups in total. The first-order chi connectivity index (χ1) is 27.8. The summed E-state index contributed by atoms with van der Waals surface area (Å²) >= 11 is 0. The summed E-state index contributed by atoms with van der Waals surface area (Å²) in [5.74, 6) is 0. The van der Waals surface area contributed by atoms with Crippen molar-refractivity contribution in [2.75, 3.05) is 9.80 Å². The van der Waals surface area contributed by atoms with Crippen LogP contribution in [0.4, 0.5) is 34.1 Å². The van der Waals surface area contributed by atoms with Gasteiger partial charge in [0.2, 0.25) is 13.4 Å². The van der Waals surface area contributed by atoms with Gasteiger partial charge in [-0.2, -0.15) is 0 Å². The highest BCUT2D eigenvalue weighted by molar-refractivity contribution is 7.01. The Bertz CT molecular complexity index is 2710. The van der Waals surface area contributed by atoms with Crippen LogP contribution in [-0.4, -0.2) is 13.4 Å². The molecule has 0 radical (unpaired) electrons. The molecule has 2 nitrogen and oxygen atoms in total. The molecule has 0 saturated heterocycles. The van der Waals surface area contributed by atoms with Gasteiger partial charge in [0.25, 0.3) is 0 Å². The monoisotopic (exact) mass is 748 g/mol. The highest BCUT2D eigenvalue weighted by atomic mass is 15.2. The number of hydrogen-bond donors (Lipinski definition) is 0. The van der Waals surface area contributed by atoms with E-state index in [1.54, 1.807) is 0 Å². The van der Waals surface area contributed by atoms with Crippen molar-refractivity contribution in [1.82, 2.24) is 0 Å². The first-order valence-corrected chi connectivity index (χ1v) is 21.2. The number of hydrogen-bond acceptors (Lipinski definition) is 2. The Kier molecular flexibility index (Phi) is 7.28. The van der Waals surface area contributed by atoms with Gasteiger partial charge in [-0.05, 0) is 104 Å². The second-order valence-corrected chi connectivity index (χ2v) is 18.9. The molecule has 4 heterocycles. The molecule has 4 aliphatic heterocycles. The van der Waals surface area contributed by atoms with E-state index in [9.17, 15) is 0 Å². The minimum absolute atomic E-state index is 0.0642. The van der Waals surface area contributed by atoms with Crippen LogP contribution in [0, 0.1) is 41.5 Å². The van der Waals surface area contributed by atoms with E-state index in [0.29, 0.717) is 0 Å². The topological polar surface area (TPSA) is 6.48 Å². The number of benzene rings is 7. The van der Waals surface area contributed by atoms with Gasteiger partial charge in [0.15, 0.2) is 0 Å². The molecule has 0 spiro atoms. The van der Waals surface area contributed by atoms with E-state index in [1.807, 2.05) is 0 Å². The van der Waals surface area contributed by atoms with Crippen molar-refractivity contribution in [3.8, 4) is 0 Å². The molecule has 58 heavy (non-hydrogen) atoms. The molecule has 4 aliphatic rings. The maximum absolute atomic E-state index is 2.66. The number of nitrogens with zero attached hydrogens (tertiary/aromatic N) is 2. The molecule has 0 amide bonds. The molecule has 282 valence electrons. The summed E-state index contributed by atoms with van der Waals surface area (Å²) in [6, 6.07) is 47.5. The fourth-order valence-corrected chi connectivity index (χ4v) is 12.2. The molecule has 7 aromatic rings. The minimum Gasteiger partial charge on any atom is -0.311 e. The zero-order valence-corrected chi connectivity index (χ0v) is 35.6. The first-order valence-electron chi connectivity index (χ1n) is 21.2. The van der Waals surface area contributed by atoms with Gasteiger partial charge in [-0.25, -0.2) is 0 Å². The van der Waals surface area contributed by atoms with Crippen LogP contribution in [0.5, 0.6) is 0 Å². The first kappa shape index (κ1) is 35.4. The largest absolute Gasteiger partial charge is 0.311 e. The third-order valence-corrected chi connectivity index (χ3v) is 14.5. The molecule has 0 atom stereocenters. The van der Waals surface area contributed by atoms with Crippen molar-refractivity contribution in [3.05, 3.63) is 177 Å². The molecular formula is C54H50B2N2. The van der Waals surface area contributed by atoms with Crippen molar-refractivity contribution in [2.45, 2.75) is 80.1 Å². The summed E-state index contributed by atoms with van der Waals surface area (Å²) in [4.78, 5) is 5.30. The minimum atomic E-state index is -0.164. The predicted octanol–water partition coefficient (Wildman–Crippen LogP) is 9.41. The van der Waals surface area contributed by atoms with E-state index in [1.165, 1.54) is 123 Å². The fourth-order valence-electron chi connectivity index (χ4n) is 12.2. The Morgan fingerprint density at radius 3 is 1.12 bits per heavy atom. The molecule has 0 bridgehead atoms. The van der Waals surface area contributed by atoms with E-state index in [4.69, 9.17) is 0 Å². The SMILES string of the molecule is Cc1cc(C)c(B2c3cc4c(cc3N3c5ccccc5C(C)(C)c5cccc2c53)N2c3ccccc3C(C)(C)c3cccc(c32)B4c2c(C)cc(C)cc2C)c(C)c1. The summed E-state index contributed by atoms with van der Waals surface area (Å²) in [5, 5.41) is 0. The molecule has 4 heteroatoms. The van der Waals surface area contributed by atoms with Crippen LogP contribution < -0.4 is 42.6 Å². The molecule has 0 aliphatic carbocycles. The summed E-state index contributed by atoms with van der Waals surface area (Å²) in [5.41, 5.74) is 29.5. The summed E-state index contributed by atoms with van der Waals surface area (Å²) in [7, 11) is 0. The van der Waals surface area contributed by atoms with Crippen LogP contribution in [-0.2, 0) is 10.8 Å². The number of anilines is 6. The van der Waals surface area contributed by atoms with Gasteiger partial charge < -0.3 is 9.80 Å². The molecule has 11 rings (SSSR count). The molecule has 0 unspecified atom stereocenters. The Morgan fingerprint density at radius 1 is 0.362 bits per heavy atom. The van der Waals surface area contributed by atoms with Crippen LogP contribution in [0.2, 0.25) is 0 Å². The van der Waals surface area contributed by atoms with Gasteiger partial charge in [0.05, 0.1) is 11.4 Å². The Balaban J connectivity index is 1.32. The van der Waals surface area contributed by atoms with Crippen molar-refractivity contribution in [3.63, 3.8) is 0 Å². The second kappa shape index (κ2) is 11.9. The molecule has 0 fully saturated rings. The summed E-state index contributed by atoms with van der Waals surface area (Å²) in [6.07, 6.45) is 0. The number of aryl methyl sites for hydroxylation is 6. The van der Waals surface area contributed by atoms with E-state index in [2.05, 4.69) is 200 Å². The lowest BCUT2D eigenvalue weighted by Gasteiger charge is -2.50. The second-order valence-electron chi connectivity index (χ2n) is 18.9. The molecule has 0 saturated carbocycles. The third kappa shape index (κ3) is 4.52. The van der Waals surface area contributed by atoms with Gasteiger partial charge in [-0.1, -0.05) is 175 Å². The van der Waals surface area contributed by atoms with Crippen LogP contribution >= 0.6 is 0 Å². The van der Waals surface area contributed by atoms with Crippen molar-refractivity contribution < 1.29 is 0 Å². The van der Waals surface area contributed by atoms with E-state index < -0.39 is 0 Å². The maximum Gasteiger partial charge on any atom is 0.247 e. The third-order valence-electron chi connectivity index (χ3n) is 14.5. The molecule has 0 aromatic heterocycles. The Labute approximate surface area is 345 Å². The number of para-hydroxylation sites is 4. The summed E-state index contributed by atoms with van der Waals surface area (Å²) in [6.45, 7) is 23.6. The zero-order chi connectivity index (χ0) is 40.2.